The quantitative estimate of drug-likeness (QED) is 0.882. The van der Waals surface area contributed by atoms with Gasteiger partial charge >= 0.3 is 0 Å². The van der Waals surface area contributed by atoms with Gasteiger partial charge in [0.05, 0.1) is 6.10 Å². The summed E-state index contributed by atoms with van der Waals surface area (Å²) in [5.74, 6) is -0.651. The largest absolute Gasteiger partial charge is 0.387 e. The number of benzene rings is 1. The Morgan fingerprint density at radius 3 is 2.65 bits per heavy atom. The SMILES string of the molecule is OC(CNC1CN2CCC1CC2)c1ccc(F)cc1F. The first kappa shape index (κ1) is 13.9. The summed E-state index contributed by atoms with van der Waals surface area (Å²) < 4.78 is 26.4. The molecule has 2 atom stereocenters. The average molecular weight is 282 g/mol. The molecule has 3 nitrogen and oxygen atoms in total. The smallest absolute Gasteiger partial charge is 0.131 e. The van der Waals surface area contributed by atoms with Crippen molar-refractivity contribution in [2.45, 2.75) is 25.0 Å². The Balaban J connectivity index is 1.58. The number of hydrogen-bond acceptors (Lipinski definition) is 3. The normalized spacial score (nSPS) is 30.4. The van der Waals surface area contributed by atoms with Crippen molar-refractivity contribution in [2.24, 2.45) is 5.92 Å². The summed E-state index contributed by atoms with van der Waals surface area (Å²) in [5.41, 5.74) is 0.153. The van der Waals surface area contributed by atoms with E-state index in [0.717, 1.165) is 25.7 Å². The van der Waals surface area contributed by atoms with Crippen LogP contribution in [0, 0.1) is 17.6 Å². The standard InChI is InChI=1S/C15H20F2N2O/c16-11-1-2-12(13(17)7-11)15(20)8-18-14-9-19-5-3-10(14)4-6-19/h1-2,7,10,14-15,18,20H,3-6,8-9H2. The summed E-state index contributed by atoms with van der Waals surface area (Å²) in [7, 11) is 0. The van der Waals surface area contributed by atoms with Crippen molar-refractivity contribution in [1.82, 2.24) is 10.2 Å². The molecule has 0 radical (unpaired) electrons. The van der Waals surface area contributed by atoms with Crippen LogP contribution in [-0.2, 0) is 0 Å². The van der Waals surface area contributed by atoms with E-state index in [1.807, 2.05) is 0 Å². The summed E-state index contributed by atoms with van der Waals surface area (Å²) in [6.45, 7) is 3.64. The van der Waals surface area contributed by atoms with E-state index < -0.39 is 17.7 Å². The highest BCUT2D eigenvalue weighted by Crippen LogP contribution is 2.28. The molecule has 1 aromatic carbocycles. The zero-order chi connectivity index (χ0) is 14.1. The maximum absolute atomic E-state index is 13.6. The van der Waals surface area contributed by atoms with Crippen molar-refractivity contribution in [1.29, 1.82) is 0 Å². The van der Waals surface area contributed by atoms with Crippen molar-refractivity contribution in [2.75, 3.05) is 26.2 Å². The van der Waals surface area contributed by atoms with Crippen LogP contribution in [0.25, 0.3) is 0 Å². The first-order valence-electron chi connectivity index (χ1n) is 7.22. The second kappa shape index (κ2) is 5.76. The minimum atomic E-state index is -0.939. The zero-order valence-corrected chi connectivity index (χ0v) is 11.4. The molecule has 2 unspecified atom stereocenters. The minimum Gasteiger partial charge on any atom is -0.387 e. The van der Waals surface area contributed by atoms with Gasteiger partial charge in [0.15, 0.2) is 0 Å². The number of nitrogens with one attached hydrogen (secondary N) is 1. The van der Waals surface area contributed by atoms with Gasteiger partial charge in [-0.25, -0.2) is 8.78 Å². The number of nitrogens with zero attached hydrogens (tertiary/aromatic N) is 1. The Morgan fingerprint density at radius 2 is 2.05 bits per heavy atom. The Kier molecular flexibility index (Phi) is 4.01. The molecule has 0 saturated carbocycles. The maximum atomic E-state index is 13.6. The van der Waals surface area contributed by atoms with Crippen molar-refractivity contribution >= 4 is 0 Å². The van der Waals surface area contributed by atoms with E-state index in [1.54, 1.807) is 0 Å². The van der Waals surface area contributed by atoms with Gasteiger partial charge in [0, 0.05) is 30.8 Å². The Bertz CT molecular complexity index is 475. The van der Waals surface area contributed by atoms with Gasteiger partial charge in [-0.1, -0.05) is 6.07 Å². The first-order chi connectivity index (χ1) is 9.63. The Hall–Kier alpha value is -1.04. The molecule has 3 aliphatic heterocycles. The Labute approximate surface area is 117 Å². The molecule has 0 spiro atoms. The molecule has 5 heteroatoms. The lowest BCUT2D eigenvalue weighted by molar-refractivity contribution is 0.0631. The lowest BCUT2D eigenvalue weighted by Crippen LogP contribution is -2.56. The zero-order valence-electron chi connectivity index (χ0n) is 11.4. The third-order valence-electron chi connectivity index (χ3n) is 4.55. The van der Waals surface area contributed by atoms with E-state index in [2.05, 4.69) is 10.2 Å². The van der Waals surface area contributed by atoms with Gasteiger partial charge in [-0.05, 0) is 37.9 Å². The molecule has 0 aliphatic carbocycles. The molecule has 110 valence electrons. The molecule has 3 saturated heterocycles. The summed E-state index contributed by atoms with van der Waals surface area (Å²) in [6.07, 6.45) is 1.45. The predicted molar refractivity (Wildman–Crippen MR) is 72.3 cm³/mol. The number of piperidine rings is 3. The van der Waals surface area contributed by atoms with Crippen molar-refractivity contribution in [3.8, 4) is 0 Å². The predicted octanol–water partition coefficient (Wildman–Crippen LogP) is 1.68. The van der Waals surface area contributed by atoms with Crippen LogP contribution >= 0.6 is 0 Å². The molecular weight excluding hydrogens is 262 g/mol. The number of fused-ring (bicyclic) bond motifs is 3. The van der Waals surface area contributed by atoms with Crippen molar-refractivity contribution in [3.05, 3.63) is 35.4 Å². The summed E-state index contributed by atoms with van der Waals surface area (Å²) in [5, 5.41) is 13.4. The highest BCUT2D eigenvalue weighted by molar-refractivity contribution is 5.21. The van der Waals surface area contributed by atoms with Crippen LogP contribution in [0.1, 0.15) is 24.5 Å². The molecule has 3 aliphatic rings. The van der Waals surface area contributed by atoms with Gasteiger partial charge in [-0.2, -0.15) is 0 Å². The van der Waals surface area contributed by atoms with E-state index in [-0.39, 0.29) is 5.56 Å². The fraction of sp³-hybridized carbons (Fsp3) is 0.600. The van der Waals surface area contributed by atoms with E-state index in [1.165, 1.54) is 25.0 Å². The summed E-state index contributed by atoms with van der Waals surface area (Å²) in [6, 6.07) is 3.67. The molecule has 20 heavy (non-hydrogen) atoms. The van der Waals surface area contributed by atoms with Gasteiger partial charge in [-0.3, -0.25) is 0 Å². The van der Waals surface area contributed by atoms with Crippen LogP contribution in [0.3, 0.4) is 0 Å². The van der Waals surface area contributed by atoms with Crippen LogP contribution in [0.5, 0.6) is 0 Å². The average Bonchev–Trinajstić information content (AvgIpc) is 2.46. The maximum Gasteiger partial charge on any atom is 0.131 e. The molecular formula is C15H20F2N2O. The van der Waals surface area contributed by atoms with Crippen LogP contribution in [0.2, 0.25) is 0 Å². The monoisotopic (exact) mass is 282 g/mol. The number of aliphatic hydroxyl groups excluding tert-OH is 1. The van der Waals surface area contributed by atoms with Gasteiger partial charge in [0.25, 0.3) is 0 Å². The van der Waals surface area contributed by atoms with E-state index >= 15 is 0 Å². The molecule has 0 amide bonds. The third-order valence-corrected chi connectivity index (χ3v) is 4.55. The van der Waals surface area contributed by atoms with Crippen molar-refractivity contribution < 1.29 is 13.9 Å². The van der Waals surface area contributed by atoms with Gasteiger partial charge in [0.2, 0.25) is 0 Å². The number of rotatable bonds is 4. The topological polar surface area (TPSA) is 35.5 Å². The molecule has 2 N–H and O–H groups in total. The van der Waals surface area contributed by atoms with E-state index in [0.29, 0.717) is 18.5 Å². The number of hydrogen-bond donors (Lipinski definition) is 2. The summed E-state index contributed by atoms with van der Waals surface area (Å²) in [4.78, 5) is 2.42. The van der Waals surface area contributed by atoms with Crippen molar-refractivity contribution in [3.63, 3.8) is 0 Å². The Morgan fingerprint density at radius 1 is 1.30 bits per heavy atom. The third kappa shape index (κ3) is 2.85. The number of aliphatic hydroxyl groups is 1. The molecule has 1 aromatic rings. The first-order valence-corrected chi connectivity index (χ1v) is 7.22. The lowest BCUT2D eigenvalue weighted by Gasteiger charge is -2.45. The molecule has 3 fully saturated rings. The molecule has 3 heterocycles. The molecule has 0 aromatic heterocycles. The summed E-state index contributed by atoms with van der Waals surface area (Å²) >= 11 is 0. The van der Waals surface area contributed by atoms with E-state index in [9.17, 15) is 13.9 Å². The highest BCUT2D eigenvalue weighted by atomic mass is 19.1. The number of halogens is 2. The van der Waals surface area contributed by atoms with Crippen LogP contribution in [0.15, 0.2) is 18.2 Å². The minimum absolute atomic E-state index is 0.153. The van der Waals surface area contributed by atoms with Gasteiger partial charge in [0.1, 0.15) is 11.6 Å². The second-order valence-electron chi connectivity index (χ2n) is 5.83. The van der Waals surface area contributed by atoms with Crippen LogP contribution in [-0.4, -0.2) is 42.2 Å². The lowest BCUT2D eigenvalue weighted by atomic mass is 9.84. The van der Waals surface area contributed by atoms with E-state index in [4.69, 9.17) is 0 Å². The van der Waals surface area contributed by atoms with Gasteiger partial charge in [-0.15, -0.1) is 0 Å². The van der Waals surface area contributed by atoms with Crippen LogP contribution < -0.4 is 5.32 Å². The second-order valence-corrected chi connectivity index (χ2v) is 5.83. The fourth-order valence-electron chi connectivity index (χ4n) is 3.34. The molecule has 4 rings (SSSR count). The highest BCUT2D eigenvalue weighted by Gasteiger charge is 2.33. The van der Waals surface area contributed by atoms with Crippen LogP contribution in [0.4, 0.5) is 8.78 Å². The van der Waals surface area contributed by atoms with Gasteiger partial charge < -0.3 is 15.3 Å². The molecule has 2 bridgehead atoms. The fourth-order valence-corrected chi connectivity index (χ4v) is 3.34.